The largest absolute Gasteiger partial charge is 0.321 e. The molecule has 2 aromatic rings. The summed E-state index contributed by atoms with van der Waals surface area (Å²) in [5, 5.41) is 9.20. The normalized spacial score (nSPS) is 18.6. The first-order valence-corrected chi connectivity index (χ1v) is 10.3. The summed E-state index contributed by atoms with van der Waals surface area (Å²) in [6, 6.07) is 5.93. The van der Waals surface area contributed by atoms with E-state index in [0.29, 0.717) is 5.92 Å². The van der Waals surface area contributed by atoms with Crippen molar-refractivity contribution in [2.75, 3.05) is 25.0 Å². The molecule has 0 aromatic carbocycles. The van der Waals surface area contributed by atoms with Crippen LogP contribution in [0.15, 0.2) is 18.2 Å². The van der Waals surface area contributed by atoms with Gasteiger partial charge in [0.05, 0.1) is 15.0 Å². The lowest BCUT2D eigenvalue weighted by atomic mass is 9.96. The molecule has 1 atom stereocenters. The molecule has 3 heterocycles. The minimum absolute atomic E-state index is 0.000000000000000444. The predicted octanol–water partition coefficient (Wildman–Crippen LogP) is 4.91. The van der Waals surface area contributed by atoms with E-state index in [4.69, 9.17) is 16.7 Å². The highest BCUT2D eigenvalue weighted by Crippen LogP contribution is 2.36. The van der Waals surface area contributed by atoms with Crippen LogP contribution in [0, 0.1) is 5.41 Å². The second-order valence-electron chi connectivity index (χ2n) is 7.91. The monoisotopic (exact) mass is 394 g/mol. The summed E-state index contributed by atoms with van der Waals surface area (Å²) >= 11 is 7.60. The quantitative estimate of drug-likeness (QED) is 0.803. The van der Waals surface area contributed by atoms with Crippen LogP contribution in [0.25, 0.3) is 0 Å². The Labute approximate surface area is 164 Å². The van der Waals surface area contributed by atoms with Gasteiger partial charge in [-0.15, -0.1) is 11.3 Å². The van der Waals surface area contributed by atoms with Gasteiger partial charge in [0.25, 0.3) is 5.91 Å². The molecular weight excluding hydrogens is 368 g/mol. The molecule has 0 aliphatic carbocycles. The molecule has 3 rings (SSSR count). The first-order valence-electron chi connectivity index (χ1n) is 9.12. The molecule has 1 saturated heterocycles. The summed E-state index contributed by atoms with van der Waals surface area (Å²) in [6.07, 6.45) is 3.28. The van der Waals surface area contributed by atoms with E-state index in [-0.39, 0.29) is 5.91 Å². The van der Waals surface area contributed by atoms with Crippen molar-refractivity contribution in [2.24, 2.45) is 5.41 Å². The molecule has 0 spiro atoms. The Morgan fingerprint density at radius 1 is 1.35 bits per heavy atom. The Hall–Kier alpha value is -1.37. The standard InChI is InChI=1S/C19H27ClN4OS/c1-19(2,3)18(25)24-16(23(4)17-8-7-15(20)26-17)12-14(22-24)13-6-5-10-21-11-9-13/h7-8,12-13,21H,5-6,9-11H2,1-4H3. The molecule has 0 radical (unpaired) electrons. The lowest BCUT2D eigenvalue weighted by molar-refractivity contribution is 0.0750. The number of aromatic nitrogens is 2. The van der Waals surface area contributed by atoms with Gasteiger partial charge in [0.1, 0.15) is 5.82 Å². The van der Waals surface area contributed by atoms with Gasteiger partial charge in [-0.05, 0) is 44.5 Å². The van der Waals surface area contributed by atoms with Gasteiger partial charge < -0.3 is 10.2 Å². The minimum Gasteiger partial charge on any atom is -0.321 e. The van der Waals surface area contributed by atoms with Crippen LogP contribution in [0.2, 0.25) is 4.34 Å². The number of nitrogens with one attached hydrogen (secondary N) is 1. The summed E-state index contributed by atoms with van der Waals surface area (Å²) in [5.41, 5.74) is 0.507. The van der Waals surface area contributed by atoms with E-state index >= 15 is 0 Å². The molecule has 1 aliphatic heterocycles. The summed E-state index contributed by atoms with van der Waals surface area (Å²) in [7, 11) is 1.96. The van der Waals surface area contributed by atoms with Crippen LogP contribution >= 0.6 is 22.9 Å². The van der Waals surface area contributed by atoms with Crippen LogP contribution in [0.3, 0.4) is 0 Å². The smallest absolute Gasteiger partial charge is 0.254 e. The highest BCUT2D eigenvalue weighted by Gasteiger charge is 2.30. The number of halogens is 1. The molecule has 2 aromatic heterocycles. The van der Waals surface area contributed by atoms with Crippen molar-refractivity contribution < 1.29 is 4.79 Å². The molecule has 0 bridgehead atoms. The molecular formula is C19H27ClN4OS. The van der Waals surface area contributed by atoms with E-state index in [9.17, 15) is 4.79 Å². The number of hydrogen-bond donors (Lipinski definition) is 1. The maximum Gasteiger partial charge on any atom is 0.254 e. The molecule has 26 heavy (non-hydrogen) atoms. The first-order chi connectivity index (χ1) is 12.3. The van der Waals surface area contributed by atoms with Crippen molar-refractivity contribution in [2.45, 2.75) is 46.0 Å². The fourth-order valence-corrected chi connectivity index (χ4v) is 4.21. The molecule has 0 amide bonds. The van der Waals surface area contributed by atoms with Gasteiger partial charge in [0, 0.05) is 24.4 Å². The number of anilines is 2. The summed E-state index contributed by atoms with van der Waals surface area (Å²) in [4.78, 5) is 15.0. The molecule has 7 heteroatoms. The summed E-state index contributed by atoms with van der Waals surface area (Å²) < 4.78 is 2.32. The Morgan fingerprint density at radius 3 is 2.77 bits per heavy atom. The number of carbonyl (C=O) groups is 1. The molecule has 1 N–H and O–H groups in total. The van der Waals surface area contributed by atoms with Gasteiger partial charge in [0.2, 0.25) is 0 Å². The van der Waals surface area contributed by atoms with Gasteiger partial charge >= 0.3 is 0 Å². The van der Waals surface area contributed by atoms with Crippen molar-refractivity contribution in [1.29, 1.82) is 0 Å². The van der Waals surface area contributed by atoms with Crippen LogP contribution in [-0.2, 0) is 0 Å². The zero-order valence-electron chi connectivity index (χ0n) is 15.9. The van der Waals surface area contributed by atoms with Crippen LogP contribution in [0.5, 0.6) is 0 Å². The number of nitrogens with zero attached hydrogens (tertiary/aromatic N) is 3. The lowest BCUT2D eigenvalue weighted by Gasteiger charge is -2.22. The zero-order valence-corrected chi connectivity index (χ0v) is 17.5. The Bertz CT molecular complexity index is 769. The predicted molar refractivity (Wildman–Crippen MR) is 109 cm³/mol. The van der Waals surface area contributed by atoms with Crippen molar-refractivity contribution >= 4 is 39.7 Å². The maximum atomic E-state index is 13.0. The Morgan fingerprint density at radius 2 is 2.12 bits per heavy atom. The third-order valence-corrected chi connectivity index (χ3v) is 6.08. The Balaban J connectivity index is 2.01. The molecule has 1 fully saturated rings. The number of hydrogen-bond acceptors (Lipinski definition) is 5. The van der Waals surface area contributed by atoms with Gasteiger partial charge in [-0.2, -0.15) is 9.78 Å². The molecule has 5 nitrogen and oxygen atoms in total. The van der Waals surface area contributed by atoms with Crippen molar-refractivity contribution in [3.05, 3.63) is 28.2 Å². The van der Waals surface area contributed by atoms with E-state index in [2.05, 4.69) is 11.4 Å². The Kier molecular flexibility index (Phi) is 5.75. The number of carbonyl (C=O) groups excluding carboxylic acids is 1. The molecule has 0 saturated carbocycles. The third-order valence-electron chi connectivity index (χ3n) is 4.77. The fourth-order valence-electron chi connectivity index (χ4n) is 3.21. The van der Waals surface area contributed by atoms with Gasteiger partial charge in [0.15, 0.2) is 0 Å². The second kappa shape index (κ2) is 7.71. The van der Waals surface area contributed by atoms with Crippen molar-refractivity contribution in [3.8, 4) is 0 Å². The summed E-state index contributed by atoms with van der Waals surface area (Å²) in [6.45, 7) is 7.84. The summed E-state index contributed by atoms with van der Waals surface area (Å²) in [5.74, 6) is 1.19. The van der Waals surface area contributed by atoms with E-state index in [1.807, 2.05) is 44.9 Å². The zero-order chi connectivity index (χ0) is 18.9. The average Bonchev–Trinajstić information content (AvgIpc) is 3.11. The fraction of sp³-hybridized carbons (Fsp3) is 0.579. The SMILES string of the molecule is CN(c1ccc(Cl)s1)c1cc(C2CCCNCC2)nn1C(=O)C(C)(C)C. The highest BCUT2D eigenvalue weighted by atomic mass is 35.5. The van der Waals surface area contributed by atoms with E-state index < -0.39 is 5.41 Å². The van der Waals surface area contributed by atoms with E-state index in [1.165, 1.54) is 11.3 Å². The van der Waals surface area contributed by atoms with Crippen molar-refractivity contribution in [1.82, 2.24) is 15.1 Å². The average molecular weight is 395 g/mol. The van der Waals surface area contributed by atoms with E-state index in [0.717, 1.165) is 53.2 Å². The van der Waals surface area contributed by atoms with Gasteiger partial charge in [-0.1, -0.05) is 32.4 Å². The molecule has 142 valence electrons. The molecule has 1 unspecified atom stereocenters. The lowest BCUT2D eigenvalue weighted by Crippen LogP contribution is -2.30. The highest BCUT2D eigenvalue weighted by molar-refractivity contribution is 7.20. The van der Waals surface area contributed by atoms with Gasteiger partial charge in [-0.25, -0.2) is 0 Å². The number of rotatable bonds is 3. The number of thiophene rings is 1. The van der Waals surface area contributed by atoms with Crippen molar-refractivity contribution in [3.63, 3.8) is 0 Å². The third kappa shape index (κ3) is 4.13. The molecule has 1 aliphatic rings. The topological polar surface area (TPSA) is 50.2 Å². The van der Waals surface area contributed by atoms with Crippen LogP contribution in [0.4, 0.5) is 10.8 Å². The van der Waals surface area contributed by atoms with Crippen LogP contribution in [0.1, 0.15) is 56.4 Å². The van der Waals surface area contributed by atoms with Crippen LogP contribution < -0.4 is 10.2 Å². The van der Waals surface area contributed by atoms with Crippen LogP contribution in [-0.4, -0.2) is 35.8 Å². The first kappa shape index (κ1) is 19.4. The second-order valence-corrected chi connectivity index (χ2v) is 9.60. The minimum atomic E-state index is -0.503. The van der Waals surface area contributed by atoms with Gasteiger partial charge in [-0.3, -0.25) is 4.79 Å². The maximum absolute atomic E-state index is 13.0. The van der Waals surface area contributed by atoms with E-state index in [1.54, 1.807) is 4.68 Å².